The summed E-state index contributed by atoms with van der Waals surface area (Å²) in [6.45, 7) is 4.22. The molecule has 0 aliphatic carbocycles. The molecule has 0 N–H and O–H groups in total. The number of allylic oxidation sites excluding steroid dienone is 1. The first-order valence-corrected chi connectivity index (χ1v) is 6.34. The van der Waals surface area contributed by atoms with Crippen molar-refractivity contribution in [1.82, 2.24) is 0 Å². The minimum absolute atomic E-state index is 1.01. The van der Waals surface area contributed by atoms with Gasteiger partial charge in [0.05, 0.1) is 0 Å². The van der Waals surface area contributed by atoms with Crippen LogP contribution in [-0.2, 0) is 0 Å². The smallest absolute Gasteiger partial charge is 0.102 e. The third kappa shape index (κ3) is 6.51. The van der Waals surface area contributed by atoms with Crippen molar-refractivity contribution in [3.8, 4) is 0 Å². The molecule has 0 aromatic carbocycles. The summed E-state index contributed by atoms with van der Waals surface area (Å²) in [4.78, 5) is 4.30. The van der Waals surface area contributed by atoms with Crippen LogP contribution in [0.5, 0.6) is 0 Å². The van der Waals surface area contributed by atoms with Gasteiger partial charge in [0.1, 0.15) is 5.03 Å². The Morgan fingerprint density at radius 2 is 2.09 bits per heavy atom. The quantitative estimate of drug-likeness (QED) is 0.482. The number of hydrogen-bond acceptors (Lipinski definition) is 3. The van der Waals surface area contributed by atoms with E-state index in [1.165, 1.54) is 0 Å². The summed E-state index contributed by atoms with van der Waals surface area (Å²) in [6.07, 6.45) is 8.23. The van der Waals surface area contributed by atoms with Crippen LogP contribution in [0.3, 0.4) is 0 Å². The summed E-state index contributed by atoms with van der Waals surface area (Å²) < 4.78 is 0. The maximum Gasteiger partial charge on any atom is 0.102 e. The van der Waals surface area contributed by atoms with E-state index in [1.807, 2.05) is 6.21 Å². The van der Waals surface area contributed by atoms with Gasteiger partial charge >= 0.3 is 0 Å². The van der Waals surface area contributed by atoms with Crippen molar-refractivity contribution in [3.63, 3.8) is 0 Å². The first-order valence-electron chi connectivity index (χ1n) is 3.78. The fraction of sp³-hybridized carbons (Fsp3) is 0.625. The van der Waals surface area contributed by atoms with Crippen molar-refractivity contribution in [2.45, 2.75) is 26.7 Å². The van der Waals surface area contributed by atoms with Crippen LogP contribution >= 0.6 is 21.6 Å². The summed E-state index contributed by atoms with van der Waals surface area (Å²) in [5.41, 5.74) is 0. The van der Waals surface area contributed by atoms with Gasteiger partial charge < -0.3 is 0 Å². The van der Waals surface area contributed by atoms with Crippen LogP contribution in [0, 0.1) is 0 Å². The molecule has 0 aliphatic rings. The van der Waals surface area contributed by atoms with Crippen LogP contribution in [0.2, 0.25) is 0 Å². The normalized spacial score (nSPS) is 12.8. The van der Waals surface area contributed by atoms with Crippen LogP contribution in [0.1, 0.15) is 26.7 Å². The third-order valence-corrected chi connectivity index (χ3v) is 2.57. The standard InChI is InChI=1S/C8H15NS2/c1-4-6-8(11-10-3)9-7-5-2/h6-7H,4-5H2,1-3H3/b8-6+,9-7-. The van der Waals surface area contributed by atoms with E-state index in [2.05, 4.69) is 31.2 Å². The molecule has 0 aromatic heterocycles. The van der Waals surface area contributed by atoms with Crippen molar-refractivity contribution >= 4 is 27.8 Å². The molecule has 0 saturated heterocycles. The second-order valence-electron chi connectivity index (χ2n) is 1.92. The molecule has 0 aliphatic heterocycles. The van der Waals surface area contributed by atoms with E-state index in [9.17, 15) is 0 Å². The zero-order chi connectivity index (χ0) is 8.53. The Morgan fingerprint density at radius 1 is 1.36 bits per heavy atom. The molecule has 0 amide bonds. The molecule has 11 heavy (non-hydrogen) atoms. The maximum atomic E-state index is 4.30. The summed E-state index contributed by atoms with van der Waals surface area (Å²) >= 11 is 0. The van der Waals surface area contributed by atoms with Gasteiger partial charge in [-0.3, -0.25) is 4.99 Å². The average Bonchev–Trinajstić information content (AvgIpc) is 2.01. The van der Waals surface area contributed by atoms with E-state index in [-0.39, 0.29) is 0 Å². The Labute approximate surface area is 77.1 Å². The van der Waals surface area contributed by atoms with E-state index in [0.29, 0.717) is 0 Å². The molecule has 0 unspecified atom stereocenters. The van der Waals surface area contributed by atoms with Crippen LogP contribution in [0.4, 0.5) is 0 Å². The summed E-state index contributed by atoms with van der Waals surface area (Å²) in [6, 6.07) is 0. The molecule has 0 radical (unpaired) electrons. The Morgan fingerprint density at radius 3 is 2.55 bits per heavy atom. The molecular formula is C8H15NS2. The van der Waals surface area contributed by atoms with Crippen molar-refractivity contribution in [2.75, 3.05) is 6.26 Å². The van der Waals surface area contributed by atoms with Gasteiger partial charge in [0, 0.05) is 6.21 Å². The van der Waals surface area contributed by atoms with E-state index in [1.54, 1.807) is 21.6 Å². The zero-order valence-corrected chi connectivity index (χ0v) is 8.97. The maximum absolute atomic E-state index is 4.30. The summed E-state index contributed by atoms with van der Waals surface area (Å²) in [5, 5.41) is 1.13. The number of nitrogens with zero attached hydrogens (tertiary/aromatic N) is 1. The molecule has 0 fully saturated rings. The van der Waals surface area contributed by atoms with Crippen molar-refractivity contribution in [2.24, 2.45) is 4.99 Å². The number of aliphatic imine (C=N–C) groups is 1. The van der Waals surface area contributed by atoms with Gasteiger partial charge in [-0.05, 0) is 29.9 Å². The molecule has 0 atom stereocenters. The lowest BCUT2D eigenvalue weighted by molar-refractivity contribution is 1.20. The highest BCUT2D eigenvalue weighted by atomic mass is 33.1. The monoisotopic (exact) mass is 189 g/mol. The van der Waals surface area contributed by atoms with Crippen LogP contribution < -0.4 is 0 Å². The minimum Gasteiger partial charge on any atom is -0.254 e. The molecule has 64 valence electrons. The summed E-state index contributed by atoms with van der Waals surface area (Å²) in [7, 11) is 3.46. The molecule has 3 heteroatoms. The molecule has 0 aromatic rings. The van der Waals surface area contributed by atoms with Gasteiger partial charge in [-0.2, -0.15) is 0 Å². The predicted octanol–water partition coefficient (Wildman–Crippen LogP) is 3.73. The number of hydrogen-bond donors (Lipinski definition) is 0. The van der Waals surface area contributed by atoms with Gasteiger partial charge in [0.25, 0.3) is 0 Å². The van der Waals surface area contributed by atoms with Crippen molar-refractivity contribution < 1.29 is 0 Å². The minimum atomic E-state index is 1.01. The predicted molar refractivity (Wildman–Crippen MR) is 58.3 cm³/mol. The fourth-order valence-corrected chi connectivity index (χ4v) is 1.92. The van der Waals surface area contributed by atoms with E-state index in [4.69, 9.17) is 0 Å². The van der Waals surface area contributed by atoms with Gasteiger partial charge in [-0.25, -0.2) is 0 Å². The molecule has 0 heterocycles. The van der Waals surface area contributed by atoms with Gasteiger partial charge in [-0.15, -0.1) is 0 Å². The summed E-state index contributed by atoms with van der Waals surface area (Å²) in [5.74, 6) is 0. The molecule has 0 spiro atoms. The Bertz CT molecular complexity index is 141. The van der Waals surface area contributed by atoms with E-state index in [0.717, 1.165) is 17.9 Å². The largest absolute Gasteiger partial charge is 0.254 e. The molecule has 0 rings (SSSR count). The highest BCUT2D eigenvalue weighted by Gasteiger charge is 1.90. The SMILES string of the molecule is CC/C=N\C(=C/CC)SSC. The first-order chi connectivity index (χ1) is 5.35. The molecule has 0 saturated carbocycles. The third-order valence-electron chi connectivity index (χ3n) is 0.949. The first kappa shape index (κ1) is 11.1. The van der Waals surface area contributed by atoms with Gasteiger partial charge in [0.15, 0.2) is 0 Å². The molecular weight excluding hydrogens is 174 g/mol. The van der Waals surface area contributed by atoms with Crippen LogP contribution in [0.25, 0.3) is 0 Å². The van der Waals surface area contributed by atoms with E-state index < -0.39 is 0 Å². The Kier molecular flexibility index (Phi) is 8.29. The average molecular weight is 189 g/mol. The van der Waals surface area contributed by atoms with Crippen LogP contribution in [-0.4, -0.2) is 12.5 Å². The number of rotatable bonds is 5. The molecule has 1 nitrogen and oxygen atoms in total. The highest BCUT2D eigenvalue weighted by molar-refractivity contribution is 8.77. The van der Waals surface area contributed by atoms with Gasteiger partial charge in [0.2, 0.25) is 0 Å². The topological polar surface area (TPSA) is 12.4 Å². The second-order valence-corrected chi connectivity index (χ2v) is 4.34. The van der Waals surface area contributed by atoms with Crippen molar-refractivity contribution in [1.29, 1.82) is 0 Å². The van der Waals surface area contributed by atoms with Crippen LogP contribution in [0.15, 0.2) is 16.1 Å². The second kappa shape index (κ2) is 8.21. The van der Waals surface area contributed by atoms with Gasteiger partial charge in [-0.1, -0.05) is 30.7 Å². The van der Waals surface area contributed by atoms with Crippen molar-refractivity contribution in [3.05, 3.63) is 11.1 Å². The van der Waals surface area contributed by atoms with E-state index >= 15 is 0 Å². The lowest BCUT2D eigenvalue weighted by atomic mass is 10.5. The Hall–Kier alpha value is 0.110. The lowest BCUT2D eigenvalue weighted by Crippen LogP contribution is -1.71. The Balaban J connectivity index is 3.88. The molecule has 0 bridgehead atoms. The fourth-order valence-electron chi connectivity index (χ4n) is 0.550. The zero-order valence-electron chi connectivity index (χ0n) is 7.33. The lowest BCUT2D eigenvalue weighted by Gasteiger charge is -1.95. The highest BCUT2D eigenvalue weighted by Crippen LogP contribution is 2.28.